The lowest BCUT2D eigenvalue weighted by Gasteiger charge is -2.36. The lowest BCUT2D eigenvalue weighted by atomic mass is 9.94. The second-order valence-corrected chi connectivity index (χ2v) is 5.37. The molecule has 1 atom stereocenters. The van der Waals surface area contributed by atoms with Gasteiger partial charge in [-0.2, -0.15) is 0 Å². The Morgan fingerprint density at radius 2 is 2.12 bits per heavy atom. The Balaban J connectivity index is 2.03. The summed E-state index contributed by atoms with van der Waals surface area (Å²) in [6.07, 6.45) is 3.84. The van der Waals surface area contributed by atoms with Crippen molar-refractivity contribution in [3.05, 3.63) is 17.6 Å². The molecule has 0 bridgehead atoms. The highest BCUT2D eigenvalue weighted by molar-refractivity contribution is 5.34. The minimum absolute atomic E-state index is 0.0386. The molecule has 94 valence electrons. The molecule has 1 aromatic rings. The summed E-state index contributed by atoms with van der Waals surface area (Å²) in [5, 5.41) is 3.45. The Kier molecular flexibility index (Phi) is 3.33. The number of aryl methyl sites for hydroxylation is 2. The lowest BCUT2D eigenvalue weighted by molar-refractivity contribution is -0.0553. The van der Waals surface area contributed by atoms with Crippen LogP contribution in [0.15, 0.2) is 6.20 Å². The van der Waals surface area contributed by atoms with Crippen molar-refractivity contribution in [2.45, 2.75) is 52.2 Å². The molecule has 1 aliphatic heterocycles. The van der Waals surface area contributed by atoms with Crippen LogP contribution in [0.25, 0.3) is 0 Å². The molecule has 0 saturated carbocycles. The number of anilines is 1. The fourth-order valence-corrected chi connectivity index (χ4v) is 2.18. The summed E-state index contributed by atoms with van der Waals surface area (Å²) in [5.74, 6) is 0.871. The molecule has 0 aromatic carbocycles. The van der Waals surface area contributed by atoms with E-state index >= 15 is 0 Å². The molecular formula is C13H21N3O. The van der Waals surface area contributed by atoms with Gasteiger partial charge in [-0.3, -0.25) is 4.98 Å². The molecule has 1 aliphatic rings. The maximum atomic E-state index is 5.70. The van der Waals surface area contributed by atoms with Crippen LogP contribution in [-0.2, 0) is 4.74 Å². The van der Waals surface area contributed by atoms with E-state index in [1.807, 2.05) is 20.0 Å². The average Bonchev–Trinajstić information content (AvgIpc) is 2.22. The third-order valence-electron chi connectivity index (χ3n) is 3.24. The van der Waals surface area contributed by atoms with E-state index in [1.165, 1.54) is 0 Å². The van der Waals surface area contributed by atoms with E-state index in [0.717, 1.165) is 36.7 Å². The van der Waals surface area contributed by atoms with Gasteiger partial charge < -0.3 is 10.1 Å². The zero-order chi connectivity index (χ0) is 12.5. The first-order chi connectivity index (χ1) is 7.96. The van der Waals surface area contributed by atoms with Crippen molar-refractivity contribution in [3.63, 3.8) is 0 Å². The van der Waals surface area contributed by atoms with E-state index < -0.39 is 0 Å². The predicted octanol–water partition coefficient (Wildman–Crippen LogP) is 2.46. The topological polar surface area (TPSA) is 47.0 Å². The summed E-state index contributed by atoms with van der Waals surface area (Å²) >= 11 is 0. The zero-order valence-electron chi connectivity index (χ0n) is 11.1. The molecule has 0 aliphatic carbocycles. The summed E-state index contributed by atoms with van der Waals surface area (Å²) in [6.45, 7) is 9.04. The predicted molar refractivity (Wildman–Crippen MR) is 68.2 cm³/mol. The molecule has 17 heavy (non-hydrogen) atoms. The number of hydrogen-bond acceptors (Lipinski definition) is 4. The van der Waals surface area contributed by atoms with Gasteiger partial charge in [-0.25, -0.2) is 4.98 Å². The number of rotatable bonds is 2. The fraction of sp³-hybridized carbons (Fsp3) is 0.692. The van der Waals surface area contributed by atoms with Crippen molar-refractivity contribution in [1.82, 2.24) is 9.97 Å². The number of aromatic nitrogens is 2. The highest BCUT2D eigenvalue weighted by atomic mass is 16.5. The van der Waals surface area contributed by atoms with E-state index in [4.69, 9.17) is 4.74 Å². The Labute approximate surface area is 103 Å². The van der Waals surface area contributed by atoms with Gasteiger partial charge in [0.2, 0.25) is 0 Å². The Hall–Kier alpha value is -1.16. The van der Waals surface area contributed by atoms with Crippen LogP contribution < -0.4 is 5.32 Å². The SMILES string of the molecule is Cc1ncc(NC2CCOC(C)(C)C2)nc1C. The second kappa shape index (κ2) is 4.61. The maximum absolute atomic E-state index is 5.70. The van der Waals surface area contributed by atoms with E-state index in [-0.39, 0.29) is 5.60 Å². The van der Waals surface area contributed by atoms with E-state index in [0.29, 0.717) is 6.04 Å². The smallest absolute Gasteiger partial charge is 0.145 e. The van der Waals surface area contributed by atoms with E-state index in [1.54, 1.807) is 0 Å². The van der Waals surface area contributed by atoms with Gasteiger partial charge in [-0.05, 0) is 40.5 Å². The van der Waals surface area contributed by atoms with Gasteiger partial charge >= 0.3 is 0 Å². The number of hydrogen-bond donors (Lipinski definition) is 1. The van der Waals surface area contributed by atoms with Crippen molar-refractivity contribution >= 4 is 5.82 Å². The molecule has 0 amide bonds. The van der Waals surface area contributed by atoms with Crippen LogP contribution in [-0.4, -0.2) is 28.2 Å². The van der Waals surface area contributed by atoms with E-state index in [2.05, 4.69) is 29.1 Å². The first kappa shape index (κ1) is 12.3. The maximum Gasteiger partial charge on any atom is 0.145 e. The molecule has 4 nitrogen and oxygen atoms in total. The number of nitrogens with zero attached hydrogens (tertiary/aromatic N) is 2. The quantitative estimate of drug-likeness (QED) is 0.855. The summed E-state index contributed by atoms with van der Waals surface area (Å²) in [7, 11) is 0. The Bertz CT molecular complexity index is 404. The van der Waals surface area contributed by atoms with Crippen LogP contribution in [0.1, 0.15) is 38.1 Å². The van der Waals surface area contributed by atoms with Gasteiger partial charge in [0.1, 0.15) is 5.82 Å². The molecule has 2 rings (SSSR count). The van der Waals surface area contributed by atoms with Gasteiger partial charge in [0.25, 0.3) is 0 Å². The molecule has 2 heterocycles. The normalized spacial score (nSPS) is 23.4. The summed E-state index contributed by atoms with van der Waals surface area (Å²) in [5.41, 5.74) is 1.94. The molecule has 1 aromatic heterocycles. The molecule has 1 N–H and O–H groups in total. The first-order valence-electron chi connectivity index (χ1n) is 6.17. The van der Waals surface area contributed by atoms with Crippen molar-refractivity contribution < 1.29 is 4.74 Å². The first-order valence-corrected chi connectivity index (χ1v) is 6.17. The monoisotopic (exact) mass is 235 g/mol. The van der Waals surface area contributed by atoms with Crippen LogP contribution in [0.2, 0.25) is 0 Å². The highest BCUT2D eigenvalue weighted by Crippen LogP contribution is 2.25. The Morgan fingerprint density at radius 1 is 1.35 bits per heavy atom. The third-order valence-corrected chi connectivity index (χ3v) is 3.24. The molecule has 4 heteroatoms. The highest BCUT2D eigenvalue weighted by Gasteiger charge is 2.28. The summed E-state index contributed by atoms with van der Waals surface area (Å²) in [6, 6.07) is 0.426. The molecular weight excluding hydrogens is 214 g/mol. The van der Waals surface area contributed by atoms with Crippen LogP contribution in [0.4, 0.5) is 5.82 Å². The van der Waals surface area contributed by atoms with Crippen molar-refractivity contribution in [2.24, 2.45) is 0 Å². The molecule has 1 fully saturated rings. The standard InChI is InChI=1S/C13H21N3O/c1-9-10(2)15-12(8-14-9)16-11-5-6-17-13(3,4)7-11/h8,11H,5-7H2,1-4H3,(H,15,16). The van der Waals surface area contributed by atoms with Gasteiger partial charge in [0.15, 0.2) is 0 Å². The van der Waals surface area contributed by atoms with Gasteiger partial charge in [-0.1, -0.05) is 0 Å². The summed E-state index contributed by atoms with van der Waals surface area (Å²) < 4.78 is 5.70. The van der Waals surface area contributed by atoms with Crippen molar-refractivity contribution in [2.75, 3.05) is 11.9 Å². The van der Waals surface area contributed by atoms with Crippen LogP contribution >= 0.6 is 0 Å². The van der Waals surface area contributed by atoms with E-state index in [9.17, 15) is 0 Å². The number of ether oxygens (including phenoxy) is 1. The molecule has 0 radical (unpaired) electrons. The average molecular weight is 235 g/mol. The minimum atomic E-state index is -0.0386. The Morgan fingerprint density at radius 3 is 2.76 bits per heavy atom. The van der Waals surface area contributed by atoms with Gasteiger partial charge in [-0.15, -0.1) is 0 Å². The molecule has 0 spiro atoms. The second-order valence-electron chi connectivity index (χ2n) is 5.37. The fourth-order valence-electron chi connectivity index (χ4n) is 2.18. The van der Waals surface area contributed by atoms with Crippen LogP contribution in [0.5, 0.6) is 0 Å². The number of nitrogens with one attached hydrogen (secondary N) is 1. The summed E-state index contributed by atoms with van der Waals surface area (Å²) in [4.78, 5) is 8.82. The minimum Gasteiger partial charge on any atom is -0.375 e. The van der Waals surface area contributed by atoms with Gasteiger partial charge in [0.05, 0.1) is 23.2 Å². The van der Waals surface area contributed by atoms with Gasteiger partial charge in [0, 0.05) is 12.6 Å². The molecule has 1 unspecified atom stereocenters. The van der Waals surface area contributed by atoms with Crippen LogP contribution in [0.3, 0.4) is 0 Å². The van der Waals surface area contributed by atoms with Crippen molar-refractivity contribution in [3.8, 4) is 0 Å². The third kappa shape index (κ3) is 3.16. The van der Waals surface area contributed by atoms with Crippen molar-refractivity contribution in [1.29, 1.82) is 0 Å². The zero-order valence-corrected chi connectivity index (χ0v) is 11.1. The lowest BCUT2D eigenvalue weighted by Crippen LogP contribution is -2.40. The van der Waals surface area contributed by atoms with Crippen LogP contribution in [0, 0.1) is 13.8 Å². The largest absolute Gasteiger partial charge is 0.375 e. The molecule has 1 saturated heterocycles.